The van der Waals surface area contributed by atoms with Crippen LogP contribution in [0.15, 0.2) is 22.8 Å². The minimum Gasteiger partial charge on any atom is -0.469 e. The zero-order valence-electron chi connectivity index (χ0n) is 9.03. The second kappa shape index (κ2) is 6.24. The van der Waals surface area contributed by atoms with Crippen LogP contribution in [0.5, 0.6) is 0 Å². The van der Waals surface area contributed by atoms with Gasteiger partial charge >= 0.3 is 0 Å². The van der Waals surface area contributed by atoms with Crippen molar-refractivity contribution in [2.24, 2.45) is 5.73 Å². The van der Waals surface area contributed by atoms with E-state index in [1.807, 2.05) is 19.1 Å². The maximum atomic E-state index is 11.4. The number of rotatable bonds is 6. The zero-order chi connectivity index (χ0) is 11.1. The average Bonchev–Trinajstić information content (AvgIpc) is 2.71. The van der Waals surface area contributed by atoms with Crippen molar-refractivity contribution in [2.45, 2.75) is 32.2 Å². The molecule has 0 spiro atoms. The fourth-order valence-electron chi connectivity index (χ4n) is 1.34. The van der Waals surface area contributed by atoms with Crippen LogP contribution in [-0.4, -0.2) is 18.5 Å². The van der Waals surface area contributed by atoms with E-state index in [4.69, 9.17) is 10.2 Å². The van der Waals surface area contributed by atoms with E-state index in [-0.39, 0.29) is 11.9 Å². The first-order chi connectivity index (χ1) is 7.24. The highest BCUT2D eigenvalue weighted by atomic mass is 16.3. The Labute approximate surface area is 89.8 Å². The van der Waals surface area contributed by atoms with Crippen LogP contribution in [-0.2, 0) is 11.2 Å². The topological polar surface area (TPSA) is 68.3 Å². The standard InChI is InChI=1S/C11H18N2O2/c1-2-4-10(12)11(14)13-7-6-9-5-3-8-15-9/h3,5,8,10H,2,4,6-7,12H2,1H3,(H,13,14)/t10-/m1/s1. The Morgan fingerprint density at radius 1 is 1.67 bits per heavy atom. The van der Waals surface area contributed by atoms with E-state index in [0.29, 0.717) is 13.0 Å². The van der Waals surface area contributed by atoms with E-state index in [1.165, 1.54) is 0 Å². The molecular formula is C11H18N2O2. The molecule has 0 aliphatic heterocycles. The second-order valence-corrected chi connectivity index (χ2v) is 3.52. The summed E-state index contributed by atoms with van der Waals surface area (Å²) in [5, 5.41) is 2.78. The van der Waals surface area contributed by atoms with Crippen molar-refractivity contribution < 1.29 is 9.21 Å². The first kappa shape index (κ1) is 11.8. The summed E-state index contributed by atoms with van der Waals surface area (Å²) in [5.41, 5.74) is 5.65. The Bertz CT molecular complexity index is 283. The molecule has 3 N–H and O–H groups in total. The van der Waals surface area contributed by atoms with Crippen LogP contribution in [0.2, 0.25) is 0 Å². The predicted molar refractivity (Wildman–Crippen MR) is 58.3 cm³/mol. The molecule has 0 fully saturated rings. The minimum atomic E-state index is -0.383. The molecule has 1 amide bonds. The van der Waals surface area contributed by atoms with Gasteiger partial charge in [-0.05, 0) is 18.6 Å². The van der Waals surface area contributed by atoms with Crippen LogP contribution in [0.25, 0.3) is 0 Å². The van der Waals surface area contributed by atoms with Crippen LogP contribution < -0.4 is 11.1 Å². The summed E-state index contributed by atoms with van der Waals surface area (Å²) < 4.78 is 5.14. The molecule has 0 unspecified atom stereocenters. The van der Waals surface area contributed by atoms with Crippen LogP contribution in [0.1, 0.15) is 25.5 Å². The van der Waals surface area contributed by atoms with Crippen molar-refractivity contribution in [1.82, 2.24) is 5.32 Å². The normalized spacial score (nSPS) is 12.4. The molecule has 1 rings (SSSR count). The SMILES string of the molecule is CCC[C@@H](N)C(=O)NCCc1ccco1. The maximum Gasteiger partial charge on any atom is 0.236 e. The van der Waals surface area contributed by atoms with Crippen LogP contribution in [0.3, 0.4) is 0 Å². The van der Waals surface area contributed by atoms with Gasteiger partial charge in [-0.1, -0.05) is 13.3 Å². The molecule has 0 aromatic carbocycles. The van der Waals surface area contributed by atoms with E-state index in [1.54, 1.807) is 6.26 Å². The highest BCUT2D eigenvalue weighted by molar-refractivity contribution is 5.81. The molecular weight excluding hydrogens is 192 g/mol. The van der Waals surface area contributed by atoms with Gasteiger partial charge in [-0.15, -0.1) is 0 Å². The number of nitrogens with one attached hydrogen (secondary N) is 1. The summed E-state index contributed by atoms with van der Waals surface area (Å²) >= 11 is 0. The van der Waals surface area contributed by atoms with Crippen LogP contribution in [0, 0.1) is 0 Å². The third-order valence-corrected chi connectivity index (χ3v) is 2.19. The molecule has 1 atom stereocenters. The van der Waals surface area contributed by atoms with Gasteiger partial charge in [-0.3, -0.25) is 4.79 Å². The molecule has 1 aromatic rings. The number of hydrogen-bond acceptors (Lipinski definition) is 3. The van der Waals surface area contributed by atoms with Crippen molar-refractivity contribution in [3.63, 3.8) is 0 Å². The first-order valence-corrected chi connectivity index (χ1v) is 5.29. The van der Waals surface area contributed by atoms with E-state index in [9.17, 15) is 4.79 Å². The number of nitrogens with two attached hydrogens (primary N) is 1. The molecule has 4 nitrogen and oxygen atoms in total. The number of furan rings is 1. The molecule has 1 aromatic heterocycles. The van der Waals surface area contributed by atoms with Gasteiger partial charge in [0.05, 0.1) is 12.3 Å². The van der Waals surface area contributed by atoms with E-state index in [2.05, 4.69) is 5.32 Å². The summed E-state index contributed by atoms with van der Waals surface area (Å²) in [4.78, 5) is 11.4. The molecule has 0 saturated carbocycles. The minimum absolute atomic E-state index is 0.0802. The van der Waals surface area contributed by atoms with Gasteiger partial charge in [0.15, 0.2) is 0 Å². The zero-order valence-corrected chi connectivity index (χ0v) is 9.03. The smallest absolute Gasteiger partial charge is 0.236 e. The predicted octanol–water partition coefficient (Wildman–Crippen LogP) is 1.07. The Balaban J connectivity index is 2.17. The van der Waals surface area contributed by atoms with Gasteiger partial charge in [0.25, 0.3) is 0 Å². The molecule has 1 heterocycles. The number of amides is 1. The Morgan fingerprint density at radius 2 is 2.47 bits per heavy atom. The maximum absolute atomic E-state index is 11.4. The molecule has 0 radical (unpaired) electrons. The lowest BCUT2D eigenvalue weighted by Crippen LogP contribution is -2.41. The van der Waals surface area contributed by atoms with Gasteiger partial charge in [0.2, 0.25) is 5.91 Å². The summed E-state index contributed by atoms with van der Waals surface area (Å²) in [7, 11) is 0. The summed E-state index contributed by atoms with van der Waals surface area (Å²) in [6.45, 7) is 2.58. The quantitative estimate of drug-likeness (QED) is 0.737. The Morgan fingerprint density at radius 3 is 3.07 bits per heavy atom. The van der Waals surface area contributed by atoms with Gasteiger partial charge in [0.1, 0.15) is 5.76 Å². The van der Waals surface area contributed by atoms with Crippen LogP contribution in [0.4, 0.5) is 0 Å². The third-order valence-electron chi connectivity index (χ3n) is 2.19. The lowest BCUT2D eigenvalue weighted by atomic mass is 10.1. The molecule has 4 heteroatoms. The Kier molecular flexibility index (Phi) is 4.90. The number of hydrogen-bond donors (Lipinski definition) is 2. The summed E-state index contributed by atoms with van der Waals surface area (Å²) in [5.74, 6) is 0.794. The molecule has 0 aliphatic carbocycles. The van der Waals surface area contributed by atoms with Crippen molar-refractivity contribution in [3.05, 3.63) is 24.2 Å². The van der Waals surface area contributed by atoms with Gasteiger partial charge in [0, 0.05) is 13.0 Å². The molecule has 15 heavy (non-hydrogen) atoms. The van der Waals surface area contributed by atoms with E-state index in [0.717, 1.165) is 18.6 Å². The van der Waals surface area contributed by atoms with E-state index < -0.39 is 0 Å². The Hall–Kier alpha value is -1.29. The second-order valence-electron chi connectivity index (χ2n) is 3.52. The van der Waals surface area contributed by atoms with Crippen molar-refractivity contribution in [3.8, 4) is 0 Å². The van der Waals surface area contributed by atoms with Crippen LogP contribution >= 0.6 is 0 Å². The highest BCUT2D eigenvalue weighted by Gasteiger charge is 2.10. The fraction of sp³-hybridized carbons (Fsp3) is 0.545. The van der Waals surface area contributed by atoms with Crippen molar-refractivity contribution >= 4 is 5.91 Å². The molecule has 0 saturated heterocycles. The molecule has 84 valence electrons. The lowest BCUT2D eigenvalue weighted by molar-refractivity contribution is -0.122. The van der Waals surface area contributed by atoms with E-state index >= 15 is 0 Å². The highest BCUT2D eigenvalue weighted by Crippen LogP contribution is 1.99. The average molecular weight is 210 g/mol. The first-order valence-electron chi connectivity index (χ1n) is 5.29. The third kappa shape index (κ3) is 4.16. The molecule has 0 aliphatic rings. The van der Waals surface area contributed by atoms with Crippen molar-refractivity contribution in [1.29, 1.82) is 0 Å². The van der Waals surface area contributed by atoms with Gasteiger partial charge in [-0.2, -0.15) is 0 Å². The summed E-state index contributed by atoms with van der Waals surface area (Å²) in [6.07, 6.45) is 3.98. The number of carbonyl (C=O) groups is 1. The largest absolute Gasteiger partial charge is 0.469 e. The molecule has 0 bridgehead atoms. The monoisotopic (exact) mass is 210 g/mol. The summed E-state index contributed by atoms with van der Waals surface area (Å²) in [6, 6.07) is 3.34. The van der Waals surface area contributed by atoms with Crippen molar-refractivity contribution in [2.75, 3.05) is 6.54 Å². The fourth-order valence-corrected chi connectivity index (χ4v) is 1.34. The van der Waals surface area contributed by atoms with Gasteiger partial charge in [-0.25, -0.2) is 0 Å². The lowest BCUT2D eigenvalue weighted by Gasteiger charge is -2.10. The van der Waals surface area contributed by atoms with Gasteiger partial charge < -0.3 is 15.5 Å². The number of carbonyl (C=O) groups excluding carboxylic acids is 1.